The van der Waals surface area contributed by atoms with Gasteiger partial charge in [-0.15, -0.1) is 0 Å². The van der Waals surface area contributed by atoms with E-state index in [2.05, 4.69) is 46.2 Å². The van der Waals surface area contributed by atoms with Gasteiger partial charge in [0.2, 0.25) is 5.95 Å². The molecule has 2 aromatic carbocycles. The fourth-order valence-electron chi connectivity index (χ4n) is 4.02. The molecule has 2 heterocycles. The van der Waals surface area contributed by atoms with Gasteiger partial charge in [-0.2, -0.15) is 0 Å². The summed E-state index contributed by atoms with van der Waals surface area (Å²) in [6.07, 6.45) is 5.76. The minimum atomic E-state index is 0.0488. The summed E-state index contributed by atoms with van der Waals surface area (Å²) in [6.45, 7) is 6.71. The summed E-state index contributed by atoms with van der Waals surface area (Å²) in [5.74, 6) is 0.965. The Hall–Kier alpha value is -2.79. The Bertz CT molecular complexity index is 984. The van der Waals surface area contributed by atoms with E-state index in [0.29, 0.717) is 12.0 Å². The zero-order valence-corrected chi connectivity index (χ0v) is 17.1. The van der Waals surface area contributed by atoms with Gasteiger partial charge in [-0.05, 0) is 50.1 Å². The number of hydrogen-bond acceptors (Lipinski definition) is 5. The first-order chi connectivity index (χ1) is 14.1. The predicted octanol–water partition coefficient (Wildman–Crippen LogP) is 4.55. The maximum absolute atomic E-state index is 13.1. The number of piperidine rings is 1. The van der Waals surface area contributed by atoms with E-state index >= 15 is 0 Å². The highest BCUT2D eigenvalue weighted by Gasteiger charge is 2.26. The van der Waals surface area contributed by atoms with E-state index in [1.807, 2.05) is 42.7 Å². The number of likely N-dealkylation sites (tertiary alicyclic amines) is 1. The molecule has 3 aromatic rings. The number of ketones is 1. The van der Waals surface area contributed by atoms with Crippen LogP contribution in [0.25, 0.3) is 10.8 Å². The Labute approximate surface area is 172 Å². The summed E-state index contributed by atoms with van der Waals surface area (Å²) in [5.41, 5.74) is 1.90. The molecular formula is C24H28N4O. The summed E-state index contributed by atoms with van der Waals surface area (Å²) in [4.78, 5) is 24.3. The Kier molecular flexibility index (Phi) is 5.86. The number of Topliss-reactive ketones (excluding diaryl/α,β-unsaturated/α-hetero) is 1. The van der Waals surface area contributed by atoms with Crippen LogP contribution in [0.2, 0.25) is 0 Å². The van der Waals surface area contributed by atoms with Crippen LogP contribution in [0.4, 0.5) is 5.95 Å². The molecule has 0 spiro atoms. The van der Waals surface area contributed by atoms with Gasteiger partial charge in [0.25, 0.3) is 0 Å². The normalized spacial score (nSPS) is 17.6. The van der Waals surface area contributed by atoms with Crippen LogP contribution in [-0.2, 0) is 6.54 Å². The van der Waals surface area contributed by atoms with E-state index < -0.39 is 0 Å². The van der Waals surface area contributed by atoms with Crippen molar-refractivity contribution < 1.29 is 4.79 Å². The number of aromatic nitrogens is 2. The molecule has 1 fully saturated rings. The number of nitrogens with one attached hydrogen (secondary N) is 1. The summed E-state index contributed by atoms with van der Waals surface area (Å²) in [7, 11) is 0. The summed E-state index contributed by atoms with van der Waals surface area (Å²) in [5, 5.41) is 5.50. The van der Waals surface area contributed by atoms with Crippen molar-refractivity contribution in [2.24, 2.45) is 5.92 Å². The number of anilines is 1. The molecule has 1 aromatic heterocycles. The highest BCUT2D eigenvalue weighted by Crippen LogP contribution is 2.24. The molecule has 1 atom stereocenters. The third-order valence-electron chi connectivity index (χ3n) is 5.44. The third-order valence-corrected chi connectivity index (χ3v) is 5.44. The lowest BCUT2D eigenvalue weighted by Gasteiger charge is -2.32. The quantitative estimate of drug-likeness (QED) is 0.628. The van der Waals surface area contributed by atoms with E-state index in [1.165, 1.54) is 5.39 Å². The van der Waals surface area contributed by atoms with Crippen molar-refractivity contribution in [2.75, 3.05) is 18.4 Å². The largest absolute Gasteiger partial charge is 0.352 e. The average molecular weight is 389 g/mol. The van der Waals surface area contributed by atoms with Crippen LogP contribution in [0, 0.1) is 5.92 Å². The lowest BCUT2D eigenvalue weighted by Crippen LogP contribution is -2.38. The highest BCUT2D eigenvalue weighted by atomic mass is 16.1. The van der Waals surface area contributed by atoms with Gasteiger partial charge in [0.15, 0.2) is 5.78 Å². The zero-order chi connectivity index (χ0) is 20.2. The SMILES string of the molecule is CC(C)Nc1ncc(CN2CCC[C@@H](C(=O)c3ccc4ccccc4c3)C2)cn1. The molecule has 29 heavy (non-hydrogen) atoms. The molecule has 1 aliphatic heterocycles. The maximum atomic E-state index is 13.1. The fourth-order valence-corrected chi connectivity index (χ4v) is 4.02. The lowest BCUT2D eigenvalue weighted by atomic mass is 9.89. The molecule has 150 valence electrons. The van der Waals surface area contributed by atoms with E-state index in [9.17, 15) is 4.79 Å². The Morgan fingerprint density at radius 1 is 1.14 bits per heavy atom. The van der Waals surface area contributed by atoms with Crippen molar-refractivity contribution >= 4 is 22.5 Å². The van der Waals surface area contributed by atoms with Gasteiger partial charge >= 0.3 is 0 Å². The molecule has 1 saturated heterocycles. The Morgan fingerprint density at radius 3 is 2.66 bits per heavy atom. The fraction of sp³-hybridized carbons (Fsp3) is 0.375. The van der Waals surface area contributed by atoms with Crippen molar-refractivity contribution in [1.82, 2.24) is 14.9 Å². The van der Waals surface area contributed by atoms with Crippen molar-refractivity contribution in [2.45, 2.75) is 39.3 Å². The second-order valence-corrected chi connectivity index (χ2v) is 8.21. The second kappa shape index (κ2) is 8.70. The molecule has 0 unspecified atom stereocenters. The van der Waals surface area contributed by atoms with Gasteiger partial charge in [-0.1, -0.05) is 36.4 Å². The monoisotopic (exact) mass is 388 g/mol. The minimum absolute atomic E-state index is 0.0488. The van der Waals surface area contributed by atoms with Crippen molar-refractivity contribution in [3.63, 3.8) is 0 Å². The number of fused-ring (bicyclic) bond motifs is 1. The zero-order valence-electron chi connectivity index (χ0n) is 17.1. The third kappa shape index (κ3) is 4.80. The van der Waals surface area contributed by atoms with E-state index in [4.69, 9.17) is 0 Å². The lowest BCUT2D eigenvalue weighted by molar-refractivity contribution is 0.0811. The number of carbonyl (C=O) groups is 1. The first kappa shape index (κ1) is 19.5. The van der Waals surface area contributed by atoms with Crippen LogP contribution < -0.4 is 5.32 Å². The number of hydrogen-bond donors (Lipinski definition) is 1. The van der Waals surface area contributed by atoms with Gasteiger partial charge in [-0.25, -0.2) is 9.97 Å². The molecule has 0 amide bonds. The number of nitrogens with zero attached hydrogens (tertiary/aromatic N) is 3. The molecule has 4 rings (SSSR count). The maximum Gasteiger partial charge on any atom is 0.222 e. The molecule has 0 radical (unpaired) electrons. The summed E-state index contributed by atoms with van der Waals surface area (Å²) in [6, 6.07) is 14.6. The number of benzene rings is 2. The Morgan fingerprint density at radius 2 is 1.90 bits per heavy atom. The minimum Gasteiger partial charge on any atom is -0.352 e. The molecule has 0 bridgehead atoms. The number of rotatable bonds is 6. The van der Waals surface area contributed by atoms with Gasteiger partial charge < -0.3 is 5.32 Å². The van der Waals surface area contributed by atoms with Crippen LogP contribution >= 0.6 is 0 Å². The first-order valence-electron chi connectivity index (χ1n) is 10.4. The standard InChI is InChI=1S/C24H28N4O/c1-17(2)27-24-25-13-18(14-26-24)15-28-11-5-8-22(16-28)23(29)21-10-9-19-6-3-4-7-20(19)12-21/h3-4,6-7,9-10,12-14,17,22H,5,8,11,15-16H2,1-2H3,(H,25,26,27)/t22-/m1/s1. The molecule has 5 heteroatoms. The second-order valence-electron chi connectivity index (χ2n) is 8.21. The van der Waals surface area contributed by atoms with E-state index in [1.54, 1.807) is 0 Å². The van der Waals surface area contributed by atoms with Crippen LogP contribution in [0.15, 0.2) is 54.9 Å². The van der Waals surface area contributed by atoms with Gasteiger partial charge in [0.1, 0.15) is 0 Å². The molecule has 0 saturated carbocycles. The molecule has 0 aliphatic carbocycles. The Balaban J connectivity index is 1.41. The smallest absolute Gasteiger partial charge is 0.222 e. The molecule has 1 N–H and O–H groups in total. The first-order valence-corrected chi connectivity index (χ1v) is 10.4. The van der Waals surface area contributed by atoms with Gasteiger partial charge in [0, 0.05) is 48.6 Å². The van der Waals surface area contributed by atoms with Crippen LogP contribution in [0.3, 0.4) is 0 Å². The van der Waals surface area contributed by atoms with Crippen LogP contribution in [-0.4, -0.2) is 39.8 Å². The van der Waals surface area contributed by atoms with E-state index in [-0.39, 0.29) is 11.7 Å². The van der Waals surface area contributed by atoms with E-state index in [0.717, 1.165) is 49.0 Å². The molecule has 5 nitrogen and oxygen atoms in total. The predicted molar refractivity (Wildman–Crippen MR) is 117 cm³/mol. The summed E-state index contributed by atoms with van der Waals surface area (Å²) >= 11 is 0. The summed E-state index contributed by atoms with van der Waals surface area (Å²) < 4.78 is 0. The van der Waals surface area contributed by atoms with Gasteiger partial charge in [-0.3, -0.25) is 9.69 Å². The van der Waals surface area contributed by atoms with Gasteiger partial charge in [0.05, 0.1) is 0 Å². The number of carbonyl (C=O) groups excluding carboxylic acids is 1. The van der Waals surface area contributed by atoms with Crippen molar-refractivity contribution in [3.8, 4) is 0 Å². The van der Waals surface area contributed by atoms with Crippen LogP contribution in [0.5, 0.6) is 0 Å². The molecule has 1 aliphatic rings. The topological polar surface area (TPSA) is 58.1 Å². The van der Waals surface area contributed by atoms with Crippen molar-refractivity contribution in [1.29, 1.82) is 0 Å². The van der Waals surface area contributed by atoms with Crippen LogP contribution in [0.1, 0.15) is 42.6 Å². The average Bonchev–Trinajstić information content (AvgIpc) is 2.74. The molecular weight excluding hydrogens is 360 g/mol. The highest BCUT2D eigenvalue weighted by molar-refractivity contribution is 6.01. The van der Waals surface area contributed by atoms with Crippen molar-refractivity contribution in [3.05, 3.63) is 66.0 Å².